The van der Waals surface area contributed by atoms with Crippen LogP contribution in [0.15, 0.2) is 60.0 Å². The summed E-state index contributed by atoms with van der Waals surface area (Å²) in [4.78, 5) is 1.31. The molecule has 1 atom stereocenters. The van der Waals surface area contributed by atoms with Gasteiger partial charge in [0.15, 0.2) is 11.5 Å². The lowest BCUT2D eigenvalue weighted by Crippen LogP contribution is -2.28. The van der Waals surface area contributed by atoms with E-state index in [2.05, 4.69) is 60.1 Å². The van der Waals surface area contributed by atoms with Crippen LogP contribution in [0.2, 0.25) is 0 Å². The van der Waals surface area contributed by atoms with Gasteiger partial charge in [-0.05, 0) is 65.3 Å². The highest BCUT2D eigenvalue weighted by Crippen LogP contribution is 2.36. The van der Waals surface area contributed by atoms with Crippen LogP contribution in [0.1, 0.15) is 33.2 Å². The maximum Gasteiger partial charge on any atom is 0.161 e. The first-order valence-electron chi connectivity index (χ1n) is 9.58. The van der Waals surface area contributed by atoms with E-state index in [0.29, 0.717) is 6.61 Å². The van der Waals surface area contributed by atoms with Gasteiger partial charge in [0, 0.05) is 11.4 Å². The topological polar surface area (TPSA) is 30.5 Å². The molecule has 0 fully saturated rings. The first-order chi connectivity index (χ1) is 13.7. The lowest BCUT2D eigenvalue weighted by atomic mass is 9.93. The Labute approximate surface area is 170 Å². The number of thiophene rings is 1. The summed E-state index contributed by atoms with van der Waals surface area (Å²) >= 11 is 1.77. The Morgan fingerprint density at radius 1 is 1.14 bits per heavy atom. The molecule has 3 nitrogen and oxygen atoms in total. The highest BCUT2D eigenvalue weighted by atomic mass is 32.1. The van der Waals surface area contributed by atoms with Crippen molar-refractivity contribution in [3.8, 4) is 11.5 Å². The molecule has 1 N–H and O–H groups in total. The summed E-state index contributed by atoms with van der Waals surface area (Å²) in [5, 5.41) is 5.74. The summed E-state index contributed by atoms with van der Waals surface area (Å²) in [6.07, 6.45) is 5.46. The molecule has 0 spiro atoms. The molecule has 4 heteroatoms. The Morgan fingerprint density at radius 3 is 2.75 bits per heavy atom. The third kappa shape index (κ3) is 4.13. The lowest BCUT2D eigenvalue weighted by Gasteiger charge is -2.26. The molecule has 2 aromatic carbocycles. The molecular formula is C24H25NO2S. The van der Waals surface area contributed by atoms with Crippen LogP contribution in [-0.4, -0.2) is 13.7 Å². The number of aryl methyl sites for hydroxylation is 1. The SMILES string of the molecule is COc1cc2c(cc1OCc1ccccc1)CCNC2C=Cc1sccc1C. The Morgan fingerprint density at radius 2 is 2.00 bits per heavy atom. The minimum atomic E-state index is 0.183. The maximum atomic E-state index is 6.09. The van der Waals surface area contributed by atoms with Crippen molar-refractivity contribution < 1.29 is 9.47 Å². The quantitative estimate of drug-likeness (QED) is 0.598. The zero-order valence-corrected chi connectivity index (χ0v) is 17.1. The van der Waals surface area contributed by atoms with E-state index in [9.17, 15) is 0 Å². The molecule has 1 aliphatic rings. The molecule has 28 heavy (non-hydrogen) atoms. The van der Waals surface area contributed by atoms with Crippen molar-refractivity contribution in [1.82, 2.24) is 5.32 Å². The number of ether oxygens (including phenoxy) is 2. The third-order valence-electron chi connectivity index (χ3n) is 5.10. The molecule has 0 bridgehead atoms. The molecule has 1 aromatic heterocycles. The Balaban J connectivity index is 1.57. The summed E-state index contributed by atoms with van der Waals surface area (Å²) in [6.45, 7) is 3.64. The van der Waals surface area contributed by atoms with Crippen LogP contribution in [0.25, 0.3) is 6.08 Å². The molecule has 1 aliphatic heterocycles. The molecule has 0 saturated heterocycles. The lowest BCUT2D eigenvalue weighted by molar-refractivity contribution is 0.283. The van der Waals surface area contributed by atoms with E-state index in [1.165, 1.54) is 21.6 Å². The molecular weight excluding hydrogens is 366 g/mol. The van der Waals surface area contributed by atoms with E-state index in [4.69, 9.17) is 9.47 Å². The fourth-order valence-corrected chi connectivity index (χ4v) is 4.34. The average molecular weight is 392 g/mol. The zero-order valence-electron chi connectivity index (χ0n) is 16.3. The van der Waals surface area contributed by atoms with Crippen molar-refractivity contribution in [3.63, 3.8) is 0 Å². The van der Waals surface area contributed by atoms with Gasteiger partial charge < -0.3 is 14.8 Å². The van der Waals surface area contributed by atoms with Crippen LogP contribution in [0, 0.1) is 6.92 Å². The van der Waals surface area contributed by atoms with Crippen LogP contribution >= 0.6 is 11.3 Å². The molecule has 0 aliphatic carbocycles. The summed E-state index contributed by atoms with van der Waals surface area (Å²) in [7, 11) is 1.70. The maximum absolute atomic E-state index is 6.09. The van der Waals surface area contributed by atoms with Crippen LogP contribution in [0.5, 0.6) is 11.5 Å². The number of hydrogen-bond acceptors (Lipinski definition) is 4. The molecule has 2 heterocycles. The number of benzene rings is 2. The minimum Gasteiger partial charge on any atom is -0.493 e. The molecule has 144 valence electrons. The summed E-state index contributed by atoms with van der Waals surface area (Å²) < 4.78 is 11.7. The summed E-state index contributed by atoms with van der Waals surface area (Å²) in [6, 6.07) is 16.8. The van der Waals surface area contributed by atoms with Gasteiger partial charge in [-0.3, -0.25) is 0 Å². The normalized spacial score (nSPS) is 16.1. The van der Waals surface area contributed by atoms with Gasteiger partial charge >= 0.3 is 0 Å². The zero-order chi connectivity index (χ0) is 19.3. The molecule has 0 radical (unpaired) electrons. The fraction of sp³-hybridized carbons (Fsp3) is 0.250. The van der Waals surface area contributed by atoms with Crippen LogP contribution in [0.4, 0.5) is 0 Å². The van der Waals surface area contributed by atoms with E-state index in [1.807, 2.05) is 18.2 Å². The van der Waals surface area contributed by atoms with Gasteiger partial charge in [-0.25, -0.2) is 0 Å². The van der Waals surface area contributed by atoms with Crippen molar-refractivity contribution in [2.75, 3.05) is 13.7 Å². The van der Waals surface area contributed by atoms with Crippen molar-refractivity contribution in [1.29, 1.82) is 0 Å². The van der Waals surface area contributed by atoms with Gasteiger partial charge in [-0.2, -0.15) is 0 Å². The second-order valence-electron chi connectivity index (χ2n) is 6.98. The first-order valence-corrected chi connectivity index (χ1v) is 10.5. The van der Waals surface area contributed by atoms with Gasteiger partial charge in [0.2, 0.25) is 0 Å². The monoisotopic (exact) mass is 391 g/mol. The van der Waals surface area contributed by atoms with Crippen molar-refractivity contribution >= 4 is 17.4 Å². The fourth-order valence-electron chi connectivity index (χ4n) is 3.51. The van der Waals surface area contributed by atoms with Gasteiger partial charge in [0.1, 0.15) is 6.61 Å². The molecule has 3 aromatic rings. The smallest absolute Gasteiger partial charge is 0.161 e. The number of hydrogen-bond donors (Lipinski definition) is 1. The highest BCUT2D eigenvalue weighted by molar-refractivity contribution is 7.11. The number of rotatable bonds is 6. The predicted molar refractivity (Wildman–Crippen MR) is 116 cm³/mol. The third-order valence-corrected chi connectivity index (χ3v) is 6.08. The van der Waals surface area contributed by atoms with Crippen molar-refractivity contribution in [3.05, 3.63) is 87.1 Å². The number of nitrogens with one attached hydrogen (secondary N) is 1. The van der Waals surface area contributed by atoms with E-state index < -0.39 is 0 Å². The van der Waals surface area contributed by atoms with Crippen LogP contribution < -0.4 is 14.8 Å². The van der Waals surface area contributed by atoms with Crippen molar-refractivity contribution in [2.24, 2.45) is 0 Å². The average Bonchev–Trinajstić information content (AvgIpc) is 3.15. The Bertz CT molecular complexity index is 962. The summed E-state index contributed by atoms with van der Waals surface area (Å²) in [5.41, 5.74) is 5.05. The van der Waals surface area contributed by atoms with E-state index in [-0.39, 0.29) is 6.04 Å². The van der Waals surface area contributed by atoms with Crippen molar-refractivity contribution in [2.45, 2.75) is 26.0 Å². The van der Waals surface area contributed by atoms with Gasteiger partial charge in [-0.15, -0.1) is 11.3 Å². The van der Waals surface area contributed by atoms with Gasteiger partial charge in [0.25, 0.3) is 0 Å². The van der Waals surface area contributed by atoms with E-state index >= 15 is 0 Å². The van der Waals surface area contributed by atoms with Crippen LogP contribution in [0.3, 0.4) is 0 Å². The predicted octanol–water partition coefficient (Wildman–Crippen LogP) is 5.54. The molecule has 0 saturated carbocycles. The molecule has 0 amide bonds. The van der Waals surface area contributed by atoms with E-state index in [1.54, 1.807) is 18.4 Å². The second kappa shape index (κ2) is 8.63. The van der Waals surface area contributed by atoms with E-state index in [0.717, 1.165) is 30.0 Å². The standard InChI is InChI=1S/C24H25NO2S/c1-17-11-13-28-24(17)9-8-21-20-15-22(26-2)23(14-19(20)10-12-25-21)27-16-18-6-4-3-5-7-18/h3-9,11,13-15,21,25H,10,12,16H2,1-2H3. The van der Waals surface area contributed by atoms with Crippen LogP contribution in [-0.2, 0) is 13.0 Å². The summed E-state index contributed by atoms with van der Waals surface area (Å²) in [5.74, 6) is 1.59. The largest absolute Gasteiger partial charge is 0.493 e. The molecule has 1 unspecified atom stereocenters. The number of fused-ring (bicyclic) bond motifs is 1. The van der Waals surface area contributed by atoms with Gasteiger partial charge in [0.05, 0.1) is 13.2 Å². The minimum absolute atomic E-state index is 0.183. The Kier molecular flexibility index (Phi) is 5.79. The first kappa shape index (κ1) is 18.8. The van der Waals surface area contributed by atoms with Gasteiger partial charge in [-0.1, -0.05) is 36.4 Å². The second-order valence-corrected chi connectivity index (χ2v) is 7.93. The number of methoxy groups -OCH3 is 1. The Hall–Kier alpha value is -2.56. The molecule has 4 rings (SSSR count). The highest BCUT2D eigenvalue weighted by Gasteiger charge is 2.21.